The van der Waals surface area contributed by atoms with E-state index in [1.165, 1.54) is 12.8 Å². The Balaban J connectivity index is 1.88. The zero-order valence-electron chi connectivity index (χ0n) is 10.3. The predicted molar refractivity (Wildman–Crippen MR) is 66.1 cm³/mol. The molecular formula is C13H20N2O2. The van der Waals surface area contributed by atoms with Gasteiger partial charge in [-0.3, -0.25) is 0 Å². The quantitative estimate of drug-likeness (QED) is 0.846. The molecule has 1 aliphatic rings. The highest BCUT2D eigenvalue weighted by Crippen LogP contribution is 2.17. The van der Waals surface area contributed by atoms with Gasteiger partial charge in [-0.05, 0) is 32.4 Å². The molecule has 1 atom stereocenters. The Morgan fingerprint density at radius 1 is 1.53 bits per heavy atom. The average Bonchev–Trinajstić information content (AvgIpc) is 2.39. The van der Waals surface area contributed by atoms with E-state index in [2.05, 4.69) is 10.3 Å². The Hall–Kier alpha value is -1.13. The smallest absolute Gasteiger partial charge is 0.217 e. The molecule has 94 valence electrons. The molecule has 4 nitrogen and oxygen atoms in total. The molecule has 0 spiro atoms. The van der Waals surface area contributed by atoms with Crippen LogP contribution in [0.4, 0.5) is 0 Å². The van der Waals surface area contributed by atoms with Gasteiger partial charge in [-0.1, -0.05) is 6.07 Å². The average molecular weight is 236 g/mol. The SMILES string of the molecule is CNCc1cccnc1OCC1CCCCO1. The zero-order chi connectivity index (χ0) is 11.9. The van der Waals surface area contributed by atoms with E-state index in [0.717, 1.165) is 31.0 Å². The number of nitrogens with zero attached hydrogens (tertiary/aromatic N) is 1. The number of aromatic nitrogens is 1. The summed E-state index contributed by atoms with van der Waals surface area (Å²) < 4.78 is 11.4. The number of rotatable bonds is 5. The molecule has 2 heterocycles. The van der Waals surface area contributed by atoms with Gasteiger partial charge >= 0.3 is 0 Å². The van der Waals surface area contributed by atoms with Crippen LogP contribution in [0.2, 0.25) is 0 Å². The summed E-state index contributed by atoms with van der Waals surface area (Å²) in [6, 6.07) is 3.96. The lowest BCUT2D eigenvalue weighted by molar-refractivity contribution is -0.0121. The maximum absolute atomic E-state index is 5.75. The minimum atomic E-state index is 0.230. The van der Waals surface area contributed by atoms with Crippen LogP contribution in [0.5, 0.6) is 5.88 Å². The van der Waals surface area contributed by atoms with E-state index >= 15 is 0 Å². The Morgan fingerprint density at radius 2 is 2.47 bits per heavy atom. The van der Waals surface area contributed by atoms with Crippen molar-refractivity contribution in [3.8, 4) is 5.88 Å². The highest BCUT2D eigenvalue weighted by molar-refractivity contribution is 5.25. The number of nitrogens with one attached hydrogen (secondary N) is 1. The third-order valence-corrected chi connectivity index (χ3v) is 2.90. The molecule has 0 saturated carbocycles. The molecule has 2 rings (SSSR count). The third-order valence-electron chi connectivity index (χ3n) is 2.90. The zero-order valence-corrected chi connectivity index (χ0v) is 10.3. The van der Waals surface area contributed by atoms with Crippen LogP contribution in [0.3, 0.4) is 0 Å². The predicted octanol–water partition coefficient (Wildman–Crippen LogP) is 1.75. The molecule has 0 bridgehead atoms. The standard InChI is InChI=1S/C13H20N2O2/c1-14-9-11-5-4-7-15-13(11)17-10-12-6-2-3-8-16-12/h4-5,7,12,14H,2-3,6,8-10H2,1H3. The van der Waals surface area contributed by atoms with Crippen molar-refractivity contribution in [3.05, 3.63) is 23.9 Å². The normalized spacial score (nSPS) is 20.2. The minimum absolute atomic E-state index is 0.230. The first-order valence-corrected chi connectivity index (χ1v) is 6.23. The molecular weight excluding hydrogens is 216 g/mol. The summed E-state index contributed by atoms with van der Waals surface area (Å²) in [6.07, 6.45) is 5.49. The summed E-state index contributed by atoms with van der Waals surface area (Å²) >= 11 is 0. The van der Waals surface area contributed by atoms with E-state index in [1.54, 1.807) is 6.20 Å². The molecule has 1 aliphatic heterocycles. The van der Waals surface area contributed by atoms with Gasteiger partial charge < -0.3 is 14.8 Å². The van der Waals surface area contributed by atoms with Crippen molar-refractivity contribution in [3.63, 3.8) is 0 Å². The van der Waals surface area contributed by atoms with Crippen molar-refractivity contribution in [2.75, 3.05) is 20.3 Å². The summed E-state index contributed by atoms with van der Waals surface area (Å²) in [7, 11) is 1.92. The maximum Gasteiger partial charge on any atom is 0.217 e. The minimum Gasteiger partial charge on any atom is -0.475 e. The molecule has 1 unspecified atom stereocenters. The highest BCUT2D eigenvalue weighted by Gasteiger charge is 2.15. The lowest BCUT2D eigenvalue weighted by Gasteiger charge is -2.22. The van der Waals surface area contributed by atoms with E-state index in [-0.39, 0.29) is 6.10 Å². The first-order chi connectivity index (χ1) is 8.40. The second kappa shape index (κ2) is 6.57. The van der Waals surface area contributed by atoms with Gasteiger partial charge in [0.15, 0.2) is 0 Å². The molecule has 1 aromatic heterocycles. The maximum atomic E-state index is 5.75. The van der Waals surface area contributed by atoms with E-state index in [1.807, 2.05) is 19.2 Å². The van der Waals surface area contributed by atoms with Gasteiger partial charge in [0.2, 0.25) is 5.88 Å². The van der Waals surface area contributed by atoms with Gasteiger partial charge in [0.05, 0.1) is 6.10 Å². The summed E-state index contributed by atoms with van der Waals surface area (Å²) in [5.41, 5.74) is 1.09. The molecule has 1 N–H and O–H groups in total. The molecule has 0 amide bonds. The lowest BCUT2D eigenvalue weighted by Crippen LogP contribution is -2.26. The topological polar surface area (TPSA) is 43.4 Å². The van der Waals surface area contributed by atoms with Crippen LogP contribution in [-0.2, 0) is 11.3 Å². The van der Waals surface area contributed by atoms with Crippen LogP contribution in [-0.4, -0.2) is 31.3 Å². The number of hydrogen-bond acceptors (Lipinski definition) is 4. The van der Waals surface area contributed by atoms with E-state index in [9.17, 15) is 0 Å². The van der Waals surface area contributed by atoms with E-state index in [0.29, 0.717) is 6.61 Å². The van der Waals surface area contributed by atoms with E-state index in [4.69, 9.17) is 9.47 Å². The summed E-state index contributed by atoms with van der Waals surface area (Å²) in [4.78, 5) is 4.26. The summed E-state index contributed by atoms with van der Waals surface area (Å²) in [6.45, 7) is 2.24. The van der Waals surface area contributed by atoms with Crippen molar-refractivity contribution in [1.82, 2.24) is 10.3 Å². The van der Waals surface area contributed by atoms with Gasteiger partial charge in [-0.25, -0.2) is 4.98 Å². The molecule has 1 aromatic rings. The Kier molecular flexibility index (Phi) is 4.76. The van der Waals surface area contributed by atoms with Crippen LogP contribution < -0.4 is 10.1 Å². The van der Waals surface area contributed by atoms with Crippen LogP contribution in [0, 0.1) is 0 Å². The first-order valence-electron chi connectivity index (χ1n) is 6.23. The second-order valence-electron chi connectivity index (χ2n) is 4.30. The fourth-order valence-corrected chi connectivity index (χ4v) is 1.99. The van der Waals surface area contributed by atoms with Crippen LogP contribution in [0.1, 0.15) is 24.8 Å². The van der Waals surface area contributed by atoms with Crippen LogP contribution in [0.15, 0.2) is 18.3 Å². The van der Waals surface area contributed by atoms with Crippen LogP contribution in [0.25, 0.3) is 0 Å². The van der Waals surface area contributed by atoms with Gasteiger partial charge in [-0.15, -0.1) is 0 Å². The number of pyridine rings is 1. The van der Waals surface area contributed by atoms with Gasteiger partial charge in [0.25, 0.3) is 0 Å². The molecule has 0 aliphatic carbocycles. The summed E-state index contributed by atoms with van der Waals surface area (Å²) in [5, 5.41) is 3.11. The van der Waals surface area contributed by atoms with Gasteiger partial charge in [0, 0.05) is 24.9 Å². The number of ether oxygens (including phenoxy) is 2. The van der Waals surface area contributed by atoms with Crippen molar-refractivity contribution in [1.29, 1.82) is 0 Å². The van der Waals surface area contributed by atoms with Crippen molar-refractivity contribution in [2.45, 2.75) is 31.9 Å². The lowest BCUT2D eigenvalue weighted by atomic mass is 10.1. The van der Waals surface area contributed by atoms with Crippen molar-refractivity contribution >= 4 is 0 Å². The van der Waals surface area contributed by atoms with Crippen molar-refractivity contribution < 1.29 is 9.47 Å². The molecule has 1 saturated heterocycles. The Labute approximate surface area is 102 Å². The second-order valence-corrected chi connectivity index (χ2v) is 4.30. The largest absolute Gasteiger partial charge is 0.475 e. The van der Waals surface area contributed by atoms with Gasteiger partial charge in [-0.2, -0.15) is 0 Å². The molecule has 0 radical (unpaired) electrons. The molecule has 0 aromatic carbocycles. The Bertz CT molecular complexity index is 338. The molecule has 4 heteroatoms. The monoisotopic (exact) mass is 236 g/mol. The molecule has 17 heavy (non-hydrogen) atoms. The highest BCUT2D eigenvalue weighted by atomic mass is 16.5. The number of hydrogen-bond donors (Lipinski definition) is 1. The fraction of sp³-hybridized carbons (Fsp3) is 0.615. The first kappa shape index (κ1) is 12.3. The van der Waals surface area contributed by atoms with Gasteiger partial charge in [0.1, 0.15) is 6.61 Å². The van der Waals surface area contributed by atoms with Crippen molar-refractivity contribution in [2.24, 2.45) is 0 Å². The summed E-state index contributed by atoms with van der Waals surface area (Å²) in [5.74, 6) is 0.719. The molecule has 1 fully saturated rings. The van der Waals surface area contributed by atoms with E-state index < -0.39 is 0 Å². The fourth-order valence-electron chi connectivity index (χ4n) is 1.99. The third kappa shape index (κ3) is 3.68. The Morgan fingerprint density at radius 3 is 3.24 bits per heavy atom. The van der Waals surface area contributed by atoms with Crippen LogP contribution >= 0.6 is 0 Å².